The van der Waals surface area contributed by atoms with E-state index in [1.807, 2.05) is 28.9 Å². The van der Waals surface area contributed by atoms with Crippen molar-refractivity contribution in [1.29, 1.82) is 0 Å². The van der Waals surface area contributed by atoms with E-state index in [1.54, 1.807) is 15.6 Å². The third kappa shape index (κ3) is 1.04. The molecule has 1 atom stereocenters. The van der Waals surface area contributed by atoms with E-state index in [0.717, 1.165) is 11.4 Å². The molecular formula is C6H6IN3O. The number of rotatable bonds is 0. The molecule has 2 rings (SSSR count). The van der Waals surface area contributed by atoms with Gasteiger partial charge in [0.15, 0.2) is 6.23 Å². The number of aliphatic hydroxyl groups is 1. The highest BCUT2D eigenvalue weighted by atomic mass is 127. The number of hydrogen-bond acceptors (Lipinski definition) is 3. The van der Waals surface area contributed by atoms with E-state index in [9.17, 15) is 5.11 Å². The predicted molar refractivity (Wildman–Crippen MR) is 49.8 cm³/mol. The van der Waals surface area contributed by atoms with Crippen molar-refractivity contribution in [3.8, 4) is 0 Å². The first kappa shape index (κ1) is 7.11. The summed E-state index contributed by atoms with van der Waals surface area (Å²) in [6.45, 7) is 0. The molecule has 58 valence electrons. The predicted octanol–water partition coefficient (Wildman–Crippen LogP) is 1.33. The summed E-state index contributed by atoms with van der Waals surface area (Å²) in [7, 11) is 0. The topological polar surface area (TPSA) is 51.6 Å². The van der Waals surface area contributed by atoms with E-state index < -0.39 is 6.23 Å². The van der Waals surface area contributed by atoms with Gasteiger partial charge < -0.3 is 10.1 Å². The minimum atomic E-state index is -0.575. The number of H-pyrrole nitrogens is 1. The maximum atomic E-state index is 9.53. The summed E-state index contributed by atoms with van der Waals surface area (Å²) in [6.07, 6.45) is 2.78. The fourth-order valence-electron chi connectivity index (χ4n) is 1.00. The first-order chi connectivity index (χ1) is 5.29. The van der Waals surface area contributed by atoms with Gasteiger partial charge in [0.05, 0.1) is 22.9 Å². The lowest BCUT2D eigenvalue weighted by molar-refractivity contribution is 0.120. The van der Waals surface area contributed by atoms with Gasteiger partial charge >= 0.3 is 0 Å². The van der Waals surface area contributed by atoms with Crippen LogP contribution in [0.15, 0.2) is 17.3 Å². The van der Waals surface area contributed by atoms with Gasteiger partial charge in [0.25, 0.3) is 0 Å². The first-order valence-electron chi connectivity index (χ1n) is 3.12. The molecule has 0 amide bonds. The maximum Gasteiger partial charge on any atom is 0.166 e. The summed E-state index contributed by atoms with van der Waals surface area (Å²) in [6, 6.07) is 1.82. The highest BCUT2D eigenvalue weighted by Crippen LogP contribution is 2.31. The van der Waals surface area contributed by atoms with Crippen LogP contribution in [0.25, 0.3) is 0 Å². The molecule has 0 saturated carbocycles. The van der Waals surface area contributed by atoms with Crippen molar-refractivity contribution in [3.63, 3.8) is 0 Å². The van der Waals surface area contributed by atoms with E-state index in [1.165, 1.54) is 0 Å². The molecule has 0 spiro atoms. The van der Waals surface area contributed by atoms with Gasteiger partial charge in [-0.25, -0.2) is 4.99 Å². The normalized spacial score (nSPS) is 22.0. The molecule has 0 saturated heterocycles. The second kappa shape index (κ2) is 2.49. The van der Waals surface area contributed by atoms with Gasteiger partial charge in [-0.1, -0.05) is 0 Å². The van der Waals surface area contributed by atoms with E-state index in [0.29, 0.717) is 0 Å². The Morgan fingerprint density at radius 3 is 3.36 bits per heavy atom. The molecule has 2 heterocycles. The molecule has 0 aliphatic carbocycles. The van der Waals surface area contributed by atoms with E-state index in [-0.39, 0.29) is 0 Å². The third-order valence-electron chi connectivity index (χ3n) is 1.57. The Hall–Kier alpha value is -0.560. The lowest BCUT2D eigenvalue weighted by Crippen LogP contribution is -2.18. The average Bonchev–Trinajstić information content (AvgIpc) is 2.45. The van der Waals surface area contributed by atoms with Gasteiger partial charge in [0.1, 0.15) is 12.2 Å². The van der Waals surface area contributed by atoms with E-state index in [4.69, 9.17) is 0 Å². The molecule has 5 heteroatoms. The van der Waals surface area contributed by atoms with Crippen LogP contribution in [0.1, 0.15) is 11.8 Å². The molecule has 0 bridgehead atoms. The number of aromatic amines is 1. The second-order valence-corrected chi connectivity index (χ2v) is 3.36. The van der Waals surface area contributed by atoms with Crippen molar-refractivity contribution in [1.82, 2.24) is 8.10 Å². The average molecular weight is 263 g/mol. The van der Waals surface area contributed by atoms with Crippen molar-refractivity contribution < 1.29 is 5.11 Å². The largest absolute Gasteiger partial charge is 0.368 e. The summed E-state index contributed by atoms with van der Waals surface area (Å²) in [4.78, 5) is 6.98. The second-order valence-electron chi connectivity index (χ2n) is 2.24. The molecule has 1 aromatic heterocycles. The first-order valence-corrected chi connectivity index (χ1v) is 4.09. The monoisotopic (exact) mass is 263 g/mol. The Labute approximate surface area is 77.4 Å². The summed E-state index contributed by atoms with van der Waals surface area (Å²) in [5, 5.41) is 9.53. The maximum absolute atomic E-state index is 9.53. The summed E-state index contributed by atoms with van der Waals surface area (Å²) < 4.78 is 1.62. The van der Waals surface area contributed by atoms with Crippen LogP contribution in [-0.4, -0.2) is 19.5 Å². The number of nitrogens with zero attached hydrogens (tertiary/aromatic N) is 2. The number of fused-ring (bicyclic) bond motifs is 1. The SMILES string of the molecule is OC1c2cc[nH]c2N=CN1I. The van der Waals surface area contributed by atoms with Crippen molar-refractivity contribution in [2.24, 2.45) is 4.99 Å². The van der Waals surface area contributed by atoms with Crippen molar-refractivity contribution in [2.75, 3.05) is 0 Å². The van der Waals surface area contributed by atoms with Gasteiger partial charge in [-0.3, -0.25) is 3.11 Å². The van der Waals surface area contributed by atoms with Crippen LogP contribution in [0.2, 0.25) is 0 Å². The molecule has 2 N–H and O–H groups in total. The quantitative estimate of drug-likeness (QED) is 0.548. The van der Waals surface area contributed by atoms with E-state index >= 15 is 0 Å². The van der Waals surface area contributed by atoms with Crippen molar-refractivity contribution >= 4 is 35.0 Å². The molecule has 1 aromatic rings. The number of nitrogens with one attached hydrogen (secondary N) is 1. The fourth-order valence-corrected chi connectivity index (χ4v) is 1.43. The molecule has 0 radical (unpaired) electrons. The minimum absolute atomic E-state index is 0.575. The van der Waals surface area contributed by atoms with Crippen LogP contribution in [0.3, 0.4) is 0 Å². The highest BCUT2D eigenvalue weighted by Gasteiger charge is 2.20. The Balaban J connectivity index is 2.48. The summed E-state index contributed by atoms with van der Waals surface area (Å²) in [5.74, 6) is 0.741. The third-order valence-corrected chi connectivity index (χ3v) is 2.34. The molecule has 1 aliphatic heterocycles. The van der Waals surface area contributed by atoms with Gasteiger partial charge in [-0.15, -0.1) is 0 Å². The van der Waals surface area contributed by atoms with Crippen LogP contribution in [0.5, 0.6) is 0 Å². The molecular weight excluding hydrogens is 257 g/mol. The molecule has 0 fully saturated rings. The Morgan fingerprint density at radius 1 is 1.73 bits per heavy atom. The van der Waals surface area contributed by atoms with Crippen LogP contribution in [0.4, 0.5) is 5.82 Å². The van der Waals surface area contributed by atoms with Crippen LogP contribution in [0, 0.1) is 0 Å². The summed E-state index contributed by atoms with van der Waals surface area (Å²) >= 11 is 2.00. The minimum Gasteiger partial charge on any atom is -0.368 e. The van der Waals surface area contributed by atoms with E-state index in [2.05, 4.69) is 9.98 Å². The van der Waals surface area contributed by atoms with Gasteiger partial charge in [-0.2, -0.15) is 0 Å². The smallest absolute Gasteiger partial charge is 0.166 e. The molecule has 4 nitrogen and oxygen atoms in total. The molecule has 11 heavy (non-hydrogen) atoms. The standard InChI is InChI=1S/C6H6IN3O/c7-10-3-9-5-4(6(10)11)1-2-8-5/h1-3,6,8,11H. The molecule has 0 aromatic carbocycles. The van der Waals surface area contributed by atoms with Crippen LogP contribution >= 0.6 is 22.9 Å². The zero-order valence-electron chi connectivity index (χ0n) is 5.53. The Morgan fingerprint density at radius 2 is 2.55 bits per heavy atom. The van der Waals surface area contributed by atoms with Crippen LogP contribution < -0.4 is 0 Å². The Kier molecular flexibility index (Phi) is 1.61. The molecule has 1 unspecified atom stereocenters. The van der Waals surface area contributed by atoms with Gasteiger partial charge in [0.2, 0.25) is 0 Å². The lowest BCUT2D eigenvalue weighted by atomic mass is 10.2. The number of aliphatic imine (C=N–C) groups is 1. The number of aliphatic hydroxyl groups excluding tert-OH is 1. The molecule has 1 aliphatic rings. The fraction of sp³-hybridized carbons (Fsp3) is 0.167. The highest BCUT2D eigenvalue weighted by molar-refractivity contribution is 14.1. The van der Waals surface area contributed by atoms with Crippen molar-refractivity contribution in [2.45, 2.75) is 6.23 Å². The lowest BCUT2D eigenvalue weighted by Gasteiger charge is -2.21. The van der Waals surface area contributed by atoms with Crippen LogP contribution in [-0.2, 0) is 0 Å². The zero-order chi connectivity index (χ0) is 7.84. The number of aromatic nitrogens is 1. The Bertz CT molecular complexity index is 296. The van der Waals surface area contributed by atoms with Gasteiger partial charge in [0, 0.05) is 11.8 Å². The number of halogens is 1. The van der Waals surface area contributed by atoms with Gasteiger partial charge in [-0.05, 0) is 6.07 Å². The number of hydrogen-bond donors (Lipinski definition) is 2. The summed E-state index contributed by atoms with van der Waals surface area (Å²) in [5.41, 5.74) is 0.821. The van der Waals surface area contributed by atoms with Crippen molar-refractivity contribution in [3.05, 3.63) is 17.8 Å². The zero-order valence-corrected chi connectivity index (χ0v) is 7.69.